The van der Waals surface area contributed by atoms with Gasteiger partial charge in [0, 0.05) is 16.6 Å². The van der Waals surface area contributed by atoms with Crippen LogP contribution in [0.2, 0.25) is 0 Å². The van der Waals surface area contributed by atoms with E-state index in [4.69, 9.17) is 4.74 Å². The summed E-state index contributed by atoms with van der Waals surface area (Å²) < 4.78 is 5.99. The molecule has 2 aromatic rings. The molecule has 0 fully saturated rings. The van der Waals surface area contributed by atoms with Gasteiger partial charge in [-0.05, 0) is 38.8 Å². The number of pyridine rings is 1. The Balaban J connectivity index is 2.33. The number of aryl methyl sites for hydroxylation is 1. The number of hydrogen-bond acceptors (Lipinski definition) is 2. The van der Waals surface area contributed by atoms with Crippen molar-refractivity contribution >= 4 is 10.9 Å². The zero-order chi connectivity index (χ0) is 11.1. The summed E-state index contributed by atoms with van der Waals surface area (Å²) in [6.07, 6.45) is 2.49. The van der Waals surface area contributed by atoms with Crippen molar-refractivity contribution in [1.29, 1.82) is 0 Å². The summed E-state index contributed by atoms with van der Waals surface area (Å²) in [5.41, 5.74) is 3.44. The molecule has 2 heterocycles. The van der Waals surface area contributed by atoms with Crippen molar-refractivity contribution in [2.75, 3.05) is 0 Å². The van der Waals surface area contributed by atoms with Crippen LogP contribution in [-0.4, -0.2) is 11.1 Å². The van der Waals surface area contributed by atoms with Crippen LogP contribution in [0.5, 0.6) is 5.75 Å². The molecule has 16 heavy (non-hydrogen) atoms. The molecule has 1 aliphatic heterocycles. The van der Waals surface area contributed by atoms with E-state index >= 15 is 0 Å². The maximum absolute atomic E-state index is 5.99. The van der Waals surface area contributed by atoms with Gasteiger partial charge in [-0.3, -0.25) is 4.98 Å². The molecule has 0 bridgehead atoms. The first kappa shape index (κ1) is 9.64. The van der Waals surface area contributed by atoms with E-state index in [1.165, 1.54) is 5.56 Å². The van der Waals surface area contributed by atoms with Gasteiger partial charge < -0.3 is 4.74 Å². The molecule has 1 unspecified atom stereocenters. The molecule has 0 saturated carbocycles. The molecule has 0 amide bonds. The standard InChI is InChI=1S/C14H15NO/c1-9-7-8-11-10(2)15-13-6-4-3-5-12(13)14(11)16-9/h3-6,9H,7-8H2,1-2H3. The summed E-state index contributed by atoms with van der Waals surface area (Å²) in [6, 6.07) is 8.21. The topological polar surface area (TPSA) is 22.1 Å². The van der Waals surface area contributed by atoms with Gasteiger partial charge in [0.05, 0.1) is 11.6 Å². The van der Waals surface area contributed by atoms with Crippen LogP contribution >= 0.6 is 0 Å². The fourth-order valence-corrected chi connectivity index (χ4v) is 2.37. The van der Waals surface area contributed by atoms with Crippen molar-refractivity contribution in [3.8, 4) is 5.75 Å². The van der Waals surface area contributed by atoms with Crippen LogP contribution in [0, 0.1) is 6.92 Å². The van der Waals surface area contributed by atoms with Gasteiger partial charge in [0.15, 0.2) is 0 Å². The van der Waals surface area contributed by atoms with Gasteiger partial charge in [0.1, 0.15) is 5.75 Å². The Morgan fingerprint density at radius 1 is 1.31 bits per heavy atom. The van der Waals surface area contributed by atoms with E-state index in [9.17, 15) is 0 Å². The second kappa shape index (κ2) is 3.48. The summed E-state index contributed by atoms with van der Waals surface area (Å²) in [7, 11) is 0. The lowest BCUT2D eigenvalue weighted by Crippen LogP contribution is -2.20. The predicted molar refractivity (Wildman–Crippen MR) is 64.9 cm³/mol. The largest absolute Gasteiger partial charge is 0.490 e. The molecule has 2 heteroatoms. The van der Waals surface area contributed by atoms with E-state index in [1.54, 1.807) is 0 Å². The van der Waals surface area contributed by atoms with Crippen LogP contribution in [0.15, 0.2) is 24.3 Å². The fraction of sp³-hybridized carbons (Fsp3) is 0.357. The van der Waals surface area contributed by atoms with Crippen LogP contribution in [0.3, 0.4) is 0 Å². The van der Waals surface area contributed by atoms with E-state index < -0.39 is 0 Å². The van der Waals surface area contributed by atoms with Gasteiger partial charge in [-0.15, -0.1) is 0 Å². The molecule has 2 nitrogen and oxygen atoms in total. The van der Waals surface area contributed by atoms with Crippen molar-refractivity contribution in [3.05, 3.63) is 35.5 Å². The van der Waals surface area contributed by atoms with E-state index in [0.29, 0.717) is 6.10 Å². The molecule has 3 rings (SSSR count). The third kappa shape index (κ3) is 1.37. The summed E-state index contributed by atoms with van der Waals surface area (Å²) >= 11 is 0. The van der Waals surface area contributed by atoms with Crippen molar-refractivity contribution in [1.82, 2.24) is 4.98 Å². The van der Waals surface area contributed by atoms with E-state index in [-0.39, 0.29) is 0 Å². The van der Waals surface area contributed by atoms with Crippen LogP contribution in [-0.2, 0) is 6.42 Å². The summed E-state index contributed by atoms with van der Waals surface area (Å²) in [6.45, 7) is 4.21. The van der Waals surface area contributed by atoms with Gasteiger partial charge in [0.2, 0.25) is 0 Å². The minimum Gasteiger partial charge on any atom is -0.490 e. The van der Waals surface area contributed by atoms with Gasteiger partial charge in [0.25, 0.3) is 0 Å². The third-order valence-corrected chi connectivity index (χ3v) is 3.27. The molecule has 0 spiro atoms. The average molecular weight is 213 g/mol. The maximum atomic E-state index is 5.99. The molecule has 0 radical (unpaired) electrons. The van der Waals surface area contributed by atoms with E-state index in [0.717, 1.165) is 35.2 Å². The Kier molecular flexibility index (Phi) is 2.10. The first-order chi connectivity index (χ1) is 7.75. The Morgan fingerprint density at radius 3 is 3.00 bits per heavy atom. The lowest BCUT2D eigenvalue weighted by Gasteiger charge is -2.25. The van der Waals surface area contributed by atoms with Crippen molar-refractivity contribution in [3.63, 3.8) is 0 Å². The zero-order valence-corrected chi connectivity index (χ0v) is 9.66. The highest BCUT2D eigenvalue weighted by atomic mass is 16.5. The number of aromatic nitrogens is 1. The van der Waals surface area contributed by atoms with Crippen molar-refractivity contribution < 1.29 is 4.74 Å². The second-order valence-electron chi connectivity index (χ2n) is 4.49. The molecule has 1 aliphatic rings. The quantitative estimate of drug-likeness (QED) is 0.670. The normalized spacial score (nSPS) is 19.2. The first-order valence-electron chi connectivity index (χ1n) is 5.80. The van der Waals surface area contributed by atoms with Crippen LogP contribution < -0.4 is 4.74 Å². The first-order valence-corrected chi connectivity index (χ1v) is 5.80. The summed E-state index contributed by atoms with van der Waals surface area (Å²) in [5.74, 6) is 1.06. The maximum Gasteiger partial charge on any atom is 0.134 e. The number of ether oxygens (including phenoxy) is 1. The van der Waals surface area contributed by atoms with Gasteiger partial charge in [-0.25, -0.2) is 0 Å². The Labute approximate surface area is 95.3 Å². The number of nitrogens with zero attached hydrogens (tertiary/aromatic N) is 1. The molecule has 0 saturated heterocycles. The third-order valence-electron chi connectivity index (χ3n) is 3.27. The number of benzene rings is 1. The van der Waals surface area contributed by atoms with E-state index in [1.807, 2.05) is 18.2 Å². The number of hydrogen-bond donors (Lipinski definition) is 0. The predicted octanol–water partition coefficient (Wildman–Crippen LogP) is 3.26. The molecule has 1 aromatic carbocycles. The van der Waals surface area contributed by atoms with Crippen molar-refractivity contribution in [2.45, 2.75) is 32.8 Å². The summed E-state index contributed by atoms with van der Waals surface area (Å²) in [4.78, 5) is 4.63. The lowest BCUT2D eigenvalue weighted by molar-refractivity contribution is 0.194. The van der Waals surface area contributed by atoms with Gasteiger partial charge in [-0.2, -0.15) is 0 Å². The fourth-order valence-electron chi connectivity index (χ4n) is 2.37. The number of fused-ring (bicyclic) bond motifs is 3. The monoisotopic (exact) mass is 213 g/mol. The Morgan fingerprint density at radius 2 is 2.12 bits per heavy atom. The Bertz CT molecular complexity index is 548. The Hall–Kier alpha value is -1.57. The highest BCUT2D eigenvalue weighted by Crippen LogP contribution is 2.35. The molecule has 0 aliphatic carbocycles. The highest BCUT2D eigenvalue weighted by molar-refractivity contribution is 5.87. The molecule has 0 N–H and O–H groups in total. The molecular formula is C14H15NO. The summed E-state index contributed by atoms with van der Waals surface area (Å²) in [5, 5.41) is 1.15. The highest BCUT2D eigenvalue weighted by Gasteiger charge is 2.21. The molecular weight excluding hydrogens is 198 g/mol. The van der Waals surface area contributed by atoms with E-state index in [2.05, 4.69) is 24.9 Å². The lowest BCUT2D eigenvalue weighted by atomic mass is 9.99. The average Bonchev–Trinajstić information content (AvgIpc) is 2.29. The molecule has 1 atom stereocenters. The van der Waals surface area contributed by atoms with Crippen LogP contribution in [0.1, 0.15) is 24.6 Å². The minimum atomic E-state index is 0.317. The number of rotatable bonds is 0. The molecule has 1 aromatic heterocycles. The van der Waals surface area contributed by atoms with Crippen molar-refractivity contribution in [2.24, 2.45) is 0 Å². The van der Waals surface area contributed by atoms with Gasteiger partial charge >= 0.3 is 0 Å². The molecule has 82 valence electrons. The minimum absolute atomic E-state index is 0.317. The second-order valence-corrected chi connectivity index (χ2v) is 4.49. The van der Waals surface area contributed by atoms with Gasteiger partial charge in [-0.1, -0.05) is 12.1 Å². The SMILES string of the molecule is Cc1nc2ccccc2c2c1CCC(C)O2. The van der Waals surface area contributed by atoms with Crippen LogP contribution in [0.25, 0.3) is 10.9 Å². The van der Waals surface area contributed by atoms with Crippen LogP contribution in [0.4, 0.5) is 0 Å². The number of para-hydroxylation sites is 1. The zero-order valence-electron chi connectivity index (χ0n) is 9.66. The smallest absolute Gasteiger partial charge is 0.134 e.